The van der Waals surface area contributed by atoms with Crippen molar-refractivity contribution in [2.75, 3.05) is 26.7 Å². The first-order chi connectivity index (χ1) is 8.34. The first-order valence-corrected chi connectivity index (χ1v) is 6.63. The van der Waals surface area contributed by atoms with Gasteiger partial charge in [0.05, 0.1) is 0 Å². The summed E-state index contributed by atoms with van der Waals surface area (Å²) in [4.78, 5) is 6.44. The Morgan fingerprint density at radius 2 is 2.24 bits per heavy atom. The van der Waals surface area contributed by atoms with Crippen molar-refractivity contribution < 1.29 is 0 Å². The summed E-state index contributed by atoms with van der Waals surface area (Å²) in [5.74, 6) is 0.921. The van der Waals surface area contributed by atoms with Crippen molar-refractivity contribution in [1.29, 1.82) is 0 Å². The fourth-order valence-electron chi connectivity index (χ4n) is 2.49. The van der Waals surface area contributed by atoms with Gasteiger partial charge in [0, 0.05) is 18.9 Å². The van der Waals surface area contributed by atoms with E-state index in [-0.39, 0.29) is 0 Å². The SMILES string of the molecule is CN(CCCC1CCNC1)Cc1ccncc1. The van der Waals surface area contributed by atoms with Crippen LogP contribution in [-0.2, 0) is 6.54 Å². The number of pyridine rings is 1. The maximum Gasteiger partial charge on any atom is 0.0271 e. The van der Waals surface area contributed by atoms with E-state index in [0.717, 1.165) is 12.5 Å². The minimum absolute atomic E-state index is 0.921. The van der Waals surface area contributed by atoms with Crippen LogP contribution in [-0.4, -0.2) is 36.6 Å². The molecule has 2 rings (SSSR count). The molecule has 1 aliphatic heterocycles. The van der Waals surface area contributed by atoms with E-state index in [9.17, 15) is 0 Å². The monoisotopic (exact) mass is 233 g/mol. The molecule has 0 aromatic carbocycles. The summed E-state index contributed by atoms with van der Waals surface area (Å²) in [6.07, 6.45) is 7.79. The highest BCUT2D eigenvalue weighted by molar-refractivity contribution is 5.09. The van der Waals surface area contributed by atoms with E-state index >= 15 is 0 Å². The third-order valence-corrected chi connectivity index (χ3v) is 3.52. The van der Waals surface area contributed by atoms with Gasteiger partial charge >= 0.3 is 0 Å². The summed E-state index contributed by atoms with van der Waals surface area (Å²) in [6.45, 7) is 4.68. The second-order valence-corrected chi connectivity index (χ2v) is 5.09. The van der Waals surface area contributed by atoms with Crippen LogP contribution in [0.25, 0.3) is 0 Å². The van der Waals surface area contributed by atoms with Crippen LogP contribution in [0.2, 0.25) is 0 Å². The van der Waals surface area contributed by atoms with Gasteiger partial charge in [0.1, 0.15) is 0 Å². The van der Waals surface area contributed by atoms with Crippen molar-refractivity contribution >= 4 is 0 Å². The summed E-state index contributed by atoms with van der Waals surface area (Å²) in [6, 6.07) is 4.19. The number of aromatic nitrogens is 1. The summed E-state index contributed by atoms with van der Waals surface area (Å²) < 4.78 is 0. The maximum absolute atomic E-state index is 4.04. The van der Waals surface area contributed by atoms with E-state index in [4.69, 9.17) is 0 Å². The van der Waals surface area contributed by atoms with E-state index in [0.29, 0.717) is 0 Å². The molecule has 2 heterocycles. The molecular weight excluding hydrogens is 210 g/mol. The molecule has 0 spiro atoms. The normalized spacial score (nSPS) is 20.0. The Kier molecular flexibility index (Phi) is 4.95. The van der Waals surface area contributed by atoms with Crippen molar-refractivity contribution in [1.82, 2.24) is 15.2 Å². The zero-order chi connectivity index (χ0) is 11.9. The molecule has 1 saturated heterocycles. The Morgan fingerprint density at radius 1 is 1.41 bits per heavy atom. The fraction of sp³-hybridized carbons (Fsp3) is 0.643. The molecule has 0 aliphatic carbocycles. The molecule has 1 aromatic rings. The highest BCUT2D eigenvalue weighted by Gasteiger charge is 2.13. The molecular formula is C14H23N3. The zero-order valence-corrected chi connectivity index (χ0v) is 10.7. The van der Waals surface area contributed by atoms with Crippen LogP contribution in [0.4, 0.5) is 0 Å². The molecule has 0 saturated carbocycles. The van der Waals surface area contributed by atoms with Gasteiger partial charge < -0.3 is 10.2 Å². The number of hydrogen-bond acceptors (Lipinski definition) is 3. The quantitative estimate of drug-likeness (QED) is 0.813. The third-order valence-electron chi connectivity index (χ3n) is 3.52. The Morgan fingerprint density at radius 3 is 2.94 bits per heavy atom. The van der Waals surface area contributed by atoms with Crippen LogP contribution in [0.5, 0.6) is 0 Å². The lowest BCUT2D eigenvalue weighted by molar-refractivity contribution is 0.308. The van der Waals surface area contributed by atoms with Crippen LogP contribution in [0.3, 0.4) is 0 Å². The highest BCUT2D eigenvalue weighted by atomic mass is 15.1. The summed E-state index contributed by atoms with van der Waals surface area (Å²) >= 11 is 0. The second-order valence-electron chi connectivity index (χ2n) is 5.09. The molecule has 0 bridgehead atoms. The van der Waals surface area contributed by atoms with Crippen LogP contribution in [0, 0.1) is 5.92 Å². The molecule has 17 heavy (non-hydrogen) atoms. The predicted molar refractivity (Wildman–Crippen MR) is 70.8 cm³/mol. The van der Waals surface area contributed by atoms with Crippen LogP contribution in [0.15, 0.2) is 24.5 Å². The van der Waals surface area contributed by atoms with Gasteiger partial charge in [-0.3, -0.25) is 4.98 Å². The third kappa shape index (κ3) is 4.44. The lowest BCUT2D eigenvalue weighted by Gasteiger charge is -2.17. The number of hydrogen-bond donors (Lipinski definition) is 1. The summed E-state index contributed by atoms with van der Waals surface area (Å²) in [5.41, 5.74) is 1.35. The minimum atomic E-state index is 0.921. The van der Waals surface area contributed by atoms with Gasteiger partial charge in [-0.2, -0.15) is 0 Å². The summed E-state index contributed by atoms with van der Waals surface area (Å²) in [5, 5.41) is 3.43. The molecule has 3 heteroatoms. The van der Waals surface area contributed by atoms with Gasteiger partial charge in [-0.1, -0.05) is 0 Å². The number of nitrogens with one attached hydrogen (secondary N) is 1. The van der Waals surface area contributed by atoms with E-state index < -0.39 is 0 Å². The molecule has 0 radical (unpaired) electrons. The van der Waals surface area contributed by atoms with Crippen LogP contribution >= 0.6 is 0 Å². The molecule has 94 valence electrons. The van der Waals surface area contributed by atoms with Gasteiger partial charge in [-0.15, -0.1) is 0 Å². The smallest absolute Gasteiger partial charge is 0.0271 e. The molecule has 1 aromatic heterocycles. The van der Waals surface area contributed by atoms with Crippen LogP contribution < -0.4 is 5.32 Å². The number of rotatable bonds is 6. The largest absolute Gasteiger partial charge is 0.316 e. The van der Waals surface area contributed by atoms with Crippen molar-refractivity contribution in [3.05, 3.63) is 30.1 Å². The molecule has 1 unspecified atom stereocenters. The van der Waals surface area contributed by atoms with E-state index in [1.54, 1.807) is 0 Å². The maximum atomic E-state index is 4.04. The van der Waals surface area contributed by atoms with E-state index in [1.807, 2.05) is 12.4 Å². The lowest BCUT2D eigenvalue weighted by Crippen LogP contribution is -2.20. The highest BCUT2D eigenvalue weighted by Crippen LogP contribution is 2.14. The Balaban J connectivity index is 1.62. The number of nitrogens with zero attached hydrogens (tertiary/aromatic N) is 2. The Hall–Kier alpha value is -0.930. The molecule has 3 nitrogen and oxygen atoms in total. The zero-order valence-electron chi connectivity index (χ0n) is 10.7. The first-order valence-electron chi connectivity index (χ1n) is 6.63. The van der Waals surface area contributed by atoms with Crippen molar-refractivity contribution in [2.24, 2.45) is 5.92 Å². The van der Waals surface area contributed by atoms with Crippen LogP contribution in [0.1, 0.15) is 24.8 Å². The van der Waals surface area contributed by atoms with Gasteiger partial charge in [-0.05, 0) is 69.6 Å². The first kappa shape index (κ1) is 12.5. The van der Waals surface area contributed by atoms with Crippen molar-refractivity contribution in [3.8, 4) is 0 Å². The molecule has 1 N–H and O–H groups in total. The standard InChI is InChI=1S/C14H23N3/c1-17(12-14-5-7-15-8-6-14)10-2-3-13-4-9-16-11-13/h5-8,13,16H,2-4,9-12H2,1H3. The fourth-order valence-corrected chi connectivity index (χ4v) is 2.49. The van der Waals surface area contributed by atoms with Gasteiger partial charge in [0.2, 0.25) is 0 Å². The lowest BCUT2D eigenvalue weighted by atomic mass is 10.0. The average molecular weight is 233 g/mol. The average Bonchev–Trinajstić information content (AvgIpc) is 2.83. The van der Waals surface area contributed by atoms with Crippen molar-refractivity contribution in [3.63, 3.8) is 0 Å². The molecule has 1 fully saturated rings. The van der Waals surface area contributed by atoms with E-state index in [1.165, 1.54) is 44.5 Å². The van der Waals surface area contributed by atoms with Gasteiger partial charge in [-0.25, -0.2) is 0 Å². The van der Waals surface area contributed by atoms with Crippen molar-refractivity contribution in [2.45, 2.75) is 25.8 Å². The Labute approximate surface area is 104 Å². The van der Waals surface area contributed by atoms with E-state index in [2.05, 4.69) is 34.4 Å². The second kappa shape index (κ2) is 6.72. The Bertz CT molecular complexity index is 307. The predicted octanol–water partition coefficient (Wildman–Crippen LogP) is 1.90. The topological polar surface area (TPSA) is 28.2 Å². The molecule has 1 atom stereocenters. The van der Waals surface area contributed by atoms with Gasteiger partial charge in [0.15, 0.2) is 0 Å². The molecule has 1 aliphatic rings. The minimum Gasteiger partial charge on any atom is -0.316 e. The van der Waals surface area contributed by atoms with Gasteiger partial charge in [0.25, 0.3) is 0 Å². The summed E-state index contributed by atoms with van der Waals surface area (Å²) in [7, 11) is 2.20. The molecule has 0 amide bonds.